The van der Waals surface area contributed by atoms with Gasteiger partial charge in [-0.05, 0) is 22.0 Å². The molecular weight excluding hydrogens is 448 g/mol. The van der Waals surface area contributed by atoms with Crippen LogP contribution in [0.5, 0.6) is 5.75 Å². The number of rotatable bonds is 8. The first-order valence-electron chi connectivity index (χ1n) is 9.37. The van der Waals surface area contributed by atoms with E-state index in [9.17, 15) is 0 Å². The van der Waals surface area contributed by atoms with E-state index in [1.165, 1.54) is 0 Å². The summed E-state index contributed by atoms with van der Waals surface area (Å²) >= 11 is 3.45. The fourth-order valence-electron chi connectivity index (χ4n) is 3.11. The van der Waals surface area contributed by atoms with Crippen LogP contribution in [0.2, 0.25) is 0 Å². The van der Waals surface area contributed by atoms with E-state index >= 15 is 0 Å². The summed E-state index contributed by atoms with van der Waals surface area (Å²) in [5.41, 5.74) is 4.28. The molecule has 0 bridgehead atoms. The van der Waals surface area contributed by atoms with Crippen molar-refractivity contribution in [3.05, 3.63) is 59.1 Å². The number of aromatic nitrogens is 6. The van der Waals surface area contributed by atoms with Gasteiger partial charge in [0.05, 0.1) is 36.9 Å². The molecule has 9 heteroatoms. The van der Waals surface area contributed by atoms with Crippen LogP contribution in [0.15, 0.2) is 47.8 Å². The lowest BCUT2D eigenvalue weighted by molar-refractivity contribution is 0.0852. The number of fused-ring (bicyclic) bond motifs is 1. The van der Waals surface area contributed by atoms with Crippen LogP contribution in [0.25, 0.3) is 28.5 Å². The van der Waals surface area contributed by atoms with Crippen LogP contribution >= 0.6 is 15.9 Å². The lowest BCUT2D eigenvalue weighted by Crippen LogP contribution is -2.09. The van der Waals surface area contributed by atoms with Crippen molar-refractivity contribution in [1.29, 1.82) is 0 Å². The molecule has 30 heavy (non-hydrogen) atoms. The highest BCUT2D eigenvalue weighted by Crippen LogP contribution is 2.25. The average Bonchev–Trinajstić information content (AvgIpc) is 3.26. The molecular formula is C21H21BrN6O2. The number of halogens is 1. The smallest absolute Gasteiger partial charge is 0.163 e. The molecule has 4 rings (SSSR count). The van der Waals surface area contributed by atoms with Crippen LogP contribution in [0.4, 0.5) is 0 Å². The molecule has 0 unspecified atom stereocenters. The third kappa shape index (κ3) is 3.99. The molecule has 3 heterocycles. The highest BCUT2D eigenvalue weighted by molar-refractivity contribution is 9.10. The summed E-state index contributed by atoms with van der Waals surface area (Å²) < 4.78 is 15.8. The fourth-order valence-corrected chi connectivity index (χ4v) is 3.64. The fraction of sp³-hybridized carbons (Fsp3) is 0.238. The molecule has 0 N–H and O–H groups in total. The maximum absolute atomic E-state index is 5.84. The van der Waals surface area contributed by atoms with E-state index < -0.39 is 0 Å². The Kier molecular flexibility index (Phi) is 5.91. The van der Waals surface area contributed by atoms with Crippen LogP contribution in [0.1, 0.15) is 11.3 Å². The summed E-state index contributed by atoms with van der Waals surface area (Å²) in [6.07, 6.45) is 5.29. The van der Waals surface area contributed by atoms with E-state index in [1.54, 1.807) is 27.8 Å². The van der Waals surface area contributed by atoms with Gasteiger partial charge in [-0.3, -0.25) is 9.36 Å². The minimum atomic E-state index is 0.369. The van der Waals surface area contributed by atoms with Gasteiger partial charge in [0.1, 0.15) is 23.4 Å². The van der Waals surface area contributed by atoms with Crippen molar-refractivity contribution in [3.63, 3.8) is 0 Å². The summed E-state index contributed by atoms with van der Waals surface area (Å²) in [7, 11) is 3.73. The van der Waals surface area contributed by atoms with Gasteiger partial charge < -0.3 is 9.47 Å². The Morgan fingerprint density at radius 3 is 2.80 bits per heavy atom. The van der Waals surface area contributed by atoms with Crippen molar-refractivity contribution in [1.82, 2.24) is 29.5 Å². The predicted molar refractivity (Wildman–Crippen MR) is 118 cm³/mol. The summed E-state index contributed by atoms with van der Waals surface area (Å²) in [4.78, 5) is 9.15. The molecule has 3 aromatic heterocycles. The van der Waals surface area contributed by atoms with Gasteiger partial charge in [-0.2, -0.15) is 10.2 Å². The van der Waals surface area contributed by atoms with E-state index in [0.717, 1.165) is 33.6 Å². The zero-order valence-electron chi connectivity index (χ0n) is 16.7. The summed E-state index contributed by atoms with van der Waals surface area (Å²) in [6, 6.07) is 7.76. The number of hydrogen-bond acceptors (Lipinski definition) is 6. The summed E-state index contributed by atoms with van der Waals surface area (Å²) in [5.74, 6) is 1.38. The maximum Gasteiger partial charge on any atom is 0.163 e. The molecule has 154 valence electrons. The maximum atomic E-state index is 5.84. The molecule has 0 amide bonds. The third-order valence-corrected chi connectivity index (χ3v) is 5.25. The molecule has 0 radical (unpaired) electrons. The summed E-state index contributed by atoms with van der Waals surface area (Å²) in [5, 5.41) is 8.68. The number of nitrogens with zero attached hydrogens (tertiary/aromatic N) is 6. The lowest BCUT2D eigenvalue weighted by atomic mass is 10.2. The molecule has 0 atom stereocenters. The Morgan fingerprint density at radius 1 is 1.13 bits per heavy atom. The van der Waals surface area contributed by atoms with E-state index in [2.05, 4.69) is 42.7 Å². The molecule has 0 saturated carbocycles. The first-order valence-corrected chi connectivity index (χ1v) is 10.2. The normalized spacial score (nSPS) is 11.2. The van der Waals surface area contributed by atoms with Crippen molar-refractivity contribution in [2.24, 2.45) is 14.1 Å². The van der Waals surface area contributed by atoms with Crippen LogP contribution in [0, 0.1) is 0 Å². The molecule has 0 aliphatic carbocycles. The standard InChI is InChI=1S/C21H21BrN6O2/c1-4-14-7-5-6-8-18(14)30-10-9-29-13-17-15(11-24-27(17)2)21-23-12-16-19(25-21)20(22)26-28(16)3/h4-8,11-12H,1,9-10,13H2,2-3H3. The van der Waals surface area contributed by atoms with Gasteiger partial charge in [-0.15, -0.1) is 0 Å². The Bertz CT molecular complexity index is 1200. The minimum Gasteiger partial charge on any atom is -0.491 e. The Hall–Kier alpha value is -3.04. The molecule has 0 saturated heterocycles. The predicted octanol–water partition coefficient (Wildman–Crippen LogP) is 3.76. The van der Waals surface area contributed by atoms with E-state index in [0.29, 0.717) is 30.2 Å². The van der Waals surface area contributed by atoms with E-state index in [-0.39, 0.29) is 0 Å². The second-order valence-corrected chi connectivity index (χ2v) is 7.36. The van der Waals surface area contributed by atoms with Crippen LogP contribution < -0.4 is 4.74 Å². The van der Waals surface area contributed by atoms with Gasteiger partial charge in [0.2, 0.25) is 0 Å². The van der Waals surface area contributed by atoms with Gasteiger partial charge in [-0.25, -0.2) is 9.97 Å². The third-order valence-electron chi connectivity index (χ3n) is 4.72. The molecule has 0 aliphatic rings. The van der Waals surface area contributed by atoms with Gasteiger partial charge in [0, 0.05) is 19.7 Å². The number of ether oxygens (including phenoxy) is 2. The molecule has 1 aromatic carbocycles. The van der Waals surface area contributed by atoms with Gasteiger partial charge in [-0.1, -0.05) is 30.9 Å². The van der Waals surface area contributed by atoms with E-state index in [1.807, 2.05) is 38.4 Å². The van der Waals surface area contributed by atoms with Crippen LogP contribution in [-0.4, -0.2) is 42.7 Å². The monoisotopic (exact) mass is 468 g/mol. The van der Waals surface area contributed by atoms with Crippen molar-refractivity contribution in [3.8, 4) is 17.1 Å². The number of hydrogen-bond donors (Lipinski definition) is 0. The van der Waals surface area contributed by atoms with Gasteiger partial charge in [0.25, 0.3) is 0 Å². The molecule has 0 fully saturated rings. The first kappa shape index (κ1) is 20.2. The average molecular weight is 469 g/mol. The molecule has 8 nitrogen and oxygen atoms in total. The number of para-hydroxylation sites is 1. The second-order valence-electron chi connectivity index (χ2n) is 6.61. The highest BCUT2D eigenvalue weighted by atomic mass is 79.9. The molecule has 0 aliphatic heterocycles. The van der Waals surface area contributed by atoms with Crippen molar-refractivity contribution in [2.45, 2.75) is 6.61 Å². The zero-order chi connectivity index (χ0) is 21.1. The highest BCUT2D eigenvalue weighted by Gasteiger charge is 2.16. The minimum absolute atomic E-state index is 0.369. The van der Waals surface area contributed by atoms with Gasteiger partial charge >= 0.3 is 0 Å². The van der Waals surface area contributed by atoms with Crippen LogP contribution in [0.3, 0.4) is 0 Å². The summed E-state index contributed by atoms with van der Waals surface area (Å²) in [6.45, 7) is 5.04. The van der Waals surface area contributed by atoms with Crippen molar-refractivity contribution >= 4 is 33.0 Å². The molecule has 0 spiro atoms. The lowest BCUT2D eigenvalue weighted by Gasteiger charge is -2.10. The van der Waals surface area contributed by atoms with Crippen molar-refractivity contribution < 1.29 is 9.47 Å². The Labute approximate surface area is 182 Å². The second kappa shape index (κ2) is 8.76. The topological polar surface area (TPSA) is 79.9 Å². The Morgan fingerprint density at radius 2 is 1.97 bits per heavy atom. The largest absolute Gasteiger partial charge is 0.491 e. The quantitative estimate of drug-likeness (QED) is 0.366. The number of aryl methyl sites for hydroxylation is 2. The number of benzene rings is 1. The van der Waals surface area contributed by atoms with E-state index in [4.69, 9.17) is 9.47 Å². The van der Waals surface area contributed by atoms with Gasteiger partial charge in [0.15, 0.2) is 10.4 Å². The molecule has 4 aromatic rings. The zero-order valence-corrected chi connectivity index (χ0v) is 18.3. The first-order chi connectivity index (χ1) is 14.6. The van der Waals surface area contributed by atoms with Crippen LogP contribution in [-0.2, 0) is 25.4 Å². The Balaban J connectivity index is 1.43. The van der Waals surface area contributed by atoms with Crippen molar-refractivity contribution in [2.75, 3.05) is 13.2 Å². The SMILES string of the molecule is C=Cc1ccccc1OCCOCc1c(-c2ncc3c(n2)c(Br)nn3C)cnn1C.